The zero-order valence-electron chi connectivity index (χ0n) is 10.9. The van der Waals surface area contributed by atoms with Gasteiger partial charge < -0.3 is 4.74 Å². The van der Waals surface area contributed by atoms with Gasteiger partial charge in [0.1, 0.15) is 0 Å². The van der Waals surface area contributed by atoms with E-state index >= 15 is 0 Å². The van der Waals surface area contributed by atoms with E-state index in [-0.39, 0.29) is 6.10 Å². The van der Waals surface area contributed by atoms with E-state index in [1.165, 1.54) is 38.5 Å². The van der Waals surface area contributed by atoms with Crippen LogP contribution in [0, 0.1) is 0 Å². The van der Waals surface area contributed by atoms with Gasteiger partial charge in [-0.3, -0.25) is 0 Å². The molecule has 0 saturated carbocycles. The van der Waals surface area contributed by atoms with Crippen LogP contribution < -0.4 is 0 Å². The van der Waals surface area contributed by atoms with Crippen molar-refractivity contribution in [3.63, 3.8) is 0 Å². The molecule has 0 spiro atoms. The molecule has 0 aliphatic heterocycles. The van der Waals surface area contributed by atoms with Crippen LogP contribution in [0.4, 0.5) is 0 Å². The minimum Gasteiger partial charge on any atom is -0.374 e. The Balaban J connectivity index is 3.27. The first-order chi connectivity index (χ1) is 7.85. The maximum Gasteiger partial charge on any atom is 0.0756 e. The van der Waals surface area contributed by atoms with Crippen LogP contribution in [0.5, 0.6) is 0 Å². The molecule has 0 saturated heterocycles. The topological polar surface area (TPSA) is 9.23 Å². The van der Waals surface area contributed by atoms with Crippen molar-refractivity contribution in [2.24, 2.45) is 0 Å². The van der Waals surface area contributed by atoms with Crippen molar-refractivity contribution in [3.8, 4) is 0 Å². The van der Waals surface area contributed by atoms with E-state index in [0.717, 1.165) is 19.4 Å². The second-order valence-electron chi connectivity index (χ2n) is 4.28. The molecule has 0 fully saturated rings. The van der Waals surface area contributed by atoms with E-state index in [4.69, 9.17) is 4.74 Å². The molecule has 1 atom stereocenters. The zero-order valence-corrected chi connectivity index (χ0v) is 10.9. The Labute approximate surface area is 102 Å². The van der Waals surface area contributed by atoms with Gasteiger partial charge in [-0.1, -0.05) is 51.2 Å². The molecule has 0 aromatic rings. The molecule has 16 heavy (non-hydrogen) atoms. The molecule has 0 aromatic heterocycles. The largest absolute Gasteiger partial charge is 0.374 e. The average Bonchev–Trinajstić information content (AvgIpc) is 2.32. The van der Waals surface area contributed by atoms with Gasteiger partial charge in [-0.2, -0.15) is 0 Å². The summed E-state index contributed by atoms with van der Waals surface area (Å²) < 4.78 is 5.73. The average molecular weight is 224 g/mol. The molecule has 0 aliphatic carbocycles. The van der Waals surface area contributed by atoms with Gasteiger partial charge >= 0.3 is 0 Å². The molecular formula is C15H28O. The van der Waals surface area contributed by atoms with Crippen molar-refractivity contribution < 1.29 is 4.74 Å². The summed E-state index contributed by atoms with van der Waals surface area (Å²) >= 11 is 0. The Kier molecular flexibility index (Phi) is 12.1. The number of hydrogen-bond acceptors (Lipinski definition) is 1. The lowest BCUT2D eigenvalue weighted by Crippen LogP contribution is -2.10. The minimum atomic E-state index is 0.216. The number of ether oxygens (including phenoxy) is 1. The molecule has 0 radical (unpaired) electrons. The van der Waals surface area contributed by atoms with Gasteiger partial charge in [-0.25, -0.2) is 0 Å². The molecule has 1 unspecified atom stereocenters. The summed E-state index contributed by atoms with van der Waals surface area (Å²) in [5.41, 5.74) is 0. The SMILES string of the molecule is C=CCCC(C=C)OCCCCCCCC. The van der Waals surface area contributed by atoms with Gasteiger partial charge in [0.2, 0.25) is 0 Å². The number of rotatable bonds is 12. The van der Waals surface area contributed by atoms with Crippen molar-refractivity contribution in [3.05, 3.63) is 25.3 Å². The minimum absolute atomic E-state index is 0.216. The molecule has 0 bridgehead atoms. The first kappa shape index (κ1) is 15.4. The van der Waals surface area contributed by atoms with Gasteiger partial charge in [0.15, 0.2) is 0 Å². The Hall–Kier alpha value is -0.560. The molecule has 1 heteroatoms. The smallest absolute Gasteiger partial charge is 0.0756 e. The monoisotopic (exact) mass is 224 g/mol. The second kappa shape index (κ2) is 12.5. The molecule has 94 valence electrons. The Morgan fingerprint density at radius 2 is 1.75 bits per heavy atom. The van der Waals surface area contributed by atoms with Crippen LogP contribution >= 0.6 is 0 Å². The number of unbranched alkanes of at least 4 members (excludes halogenated alkanes) is 5. The quantitative estimate of drug-likeness (QED) is 0.339. The number of allylic oxidation sites excluding steroid dienone is 1. The Morgan fingerprint density at radius 3 is 2.38 bits per heavy atom. The van der Waals surface area contributed by atoms with Crippen LogP contribution in [0.2, 0.25) is 0 Å². The summed E-state index contributed by atoms with van der Waals surface area (Å²) in [6.07, 6.45) is 14.0. The summed E-state index contributed by atoms with van der Waals surface area (Å²) in [5, 5.41) is 0. The van der Waals surface area contributed by atoms with Crippen molar-refractivity contribution in [1.82, 2.24) is 0 Å². The first-order valence-corrected chi connectivity index (χ1v) is 6.70. The van der Waals surface area contributed by atoms with E-state index in [0.29, 0.717) is 0 Å². The summed E-state index contributed by atoms with van der Waals surface area (Å²) in [6, 6.07) is 0. The van der Waals surface area contributed by atoms with Gasteiger partial charge in [0.05, 0.1) is 6.10 Å². The van der Waals surface area contributed by atoms with Crippen LogP contribution in [0.1, 0.15) is 58.3 Å². The highest BCUT2D eigenvalue weighted by Gasteiger charge is 2.02. The van der Waals surface area contributed by atoms with Gasteiger partial charge in [0, 0.05) is 6.61 Å². The molecule has 0 N–H and O–H groups in total. The van der Waals surface area contributed by atoms with Crippen LogP contribution in [-0.2, 0) is 4.74 Å². The van der Waals surface area contributed by atoms with E-state index in [9.17, 15) is 0 Å². The summed E-state index contributed by atoms with van der Waals surface area (Å²) in [7, 11) is 0. The maximum absolute atomic E-state index is 5.73. The van der Waals surface area contributed by atoms with Gasteiger partial charge in [-0.05, 0) is 19.3 Å². The normalized spacial score (nSPS) is 12.3. The van der Waals surface area contributed by atoms with Crippen molar-refractivity contribution in [2.75, 3.05) is 6.61 Å². The third-order valence-corrected chi connectivity index (χ3v) is 2.75. The third kappa shape index (κ3) is 9.97. The lowest BCUT2D eigenvalue weighted by Gasteiger charge is -2.12. The number of hydrogen-bond donors (Lipinski definition) is 0. The molecule has 0 rings (SSSR count). The summed E-state index contributed by atoms with van der Waals surface area (Å²) in [5.74, 6) is 0. The lowest BCUT2D eigenvalue weighted by atomic mass is 10.1. The van der Waals surface area contributed by atoms with Crippen molar-refractivity contribution >= 4 is 0 Å². The maximum atomic E-state index is 5.73. The zero-order chi connectivity index (χ0) is 12.1. The highest BCUT2D eigenvalue weighted by Crippen LogP contribution is 2.08. The van der Waals surface area contributed by atoms with Crippen molar-refractivity contribution in [2.45, 2.75) is 64.4 Å². The highest BCUT2D eigenvalue weighted by molar-refractivity contribution is 4.82. The fourth-order valence-corrected chi connectivity index (χ4v) is 1.67. The fraction of sp³-hybridized carbons (Fsp3) is 0.733. The second-order valence-corrected chi connectivity index (χ2v) is 4.28. The van der Waals surface area contributed by atoms with Crippen molar-refractivity contribution in [1.29, 1.82) is 0 Å². The van der Waals surface area contributed by atoms with E-state index in [2.05, 4.69) is 20.1 Å². The van der Waals surface area contributed by atoms with E-state index in [1.54, 1.807) is 0 Å². The van der Waals surface area contributed by atoms with E-state index < -0.39 is 0 Å². The summed E-state index contributed by atoms with van der Waals surface area (Å²) in [6.45, 7) is 10.6. The molecule has 0 heterocycles. The van der Waals surface area contributed by atoms with Crippen LogP contribution in [0.25, 0.3) is 0 Å². The van der Waals surface area contributed by atoms with Crippen LogP contribution in [0.15, 0.2) is 25.3 Å². The van der Waals surface area contributed by atoms with Gasteiger partial charge in [0.25, 0.3) is 0 Å². The predicted molar refractivity (Wildman–Crippen MR) is 72.7 cm³/mol. The van der Waals surface area contributed by atoms with E-state index in [1.807, 2.05) is 12.2 Å². The molecule has 0 amide bonds. The molecular weight excluding hydrogens is 196 g/mol. The standard InChI is InChI=1S/C15H28O/c1-4-7-9-10-11-12-14-16-15(6-3)13-8-5-2/h5-6,15H,2-4,7-14H2,1H3. The van der Waals surface area contributed by atoms with Crippen LogP contribution in [-0.4, -0.2) is 12.7 Å². The molecule has 0 aliphatic rings. The molecule has 1 nitrogen and oxygen atoms in total. The highest BCUT2D eigenvalue weighted by atomic mass is 16.5. The first-order valence-electron chi connectivity index (χ1n) is 6.70. The fourth-order valence-electron chi connectivity index (χ4n) is 1.67. The van der Waals surface area contributed by atoms with Gasteiger partial charge in [-0.15, -0.1) is 13.2 Å². The third-order valence-electron chi connectivity index (χ3n) is 2.75. The summed E-state index contributed by atoms with van der Waals surface area (Å²) in [4.78, 5) is 0. The predicted octanol–water partition coefficient (Wildman–Crippen LogP) is 4.88. The van der Waals surface area contributed by atoms with Crippen LogP contribution in [0.3, 0.4) is 0 Å². The Bertz CT molecular complexity index is 163. The molecule has 0 aromatic carbocycles. The Morgan fingerprint density at radius 1 is 1.06 bits per heavy atom. The lowest BCUT2D eigenvalue weighted by molar-refractivity contribution is 0.0772.